The third-order valence-electron chi connectivity index (χ3n) is 6.32. The predicted octanol–water partition coefficient (Wildman–Crippen LogP) is 5.85. The molecule has 172 valence electrons. The molecule has 0 saturated carbocycles. The maximum atomic E-state index is 13.9. The SMILES string of the molecule is Cc1ccc(C2CC(c3cccs3)=NN2C(=O)Cn2c(-c3ccncc3)nc3ccccc32)cc1. The number of carbonyl (C=O) groups is 1. The van der Waals surface area contributed by atoms with Gasteiger partial charge in [-0.2, -0.15) is 5.10 Å². The Morgan fingerprint density at radius 1 is 1.00 bits per heavy atom. The van der Waals surface area contributed by atoms with Gasteiger partial charge in [0, 0.05) is 24.4 Å². The van der Waals surface area contributed by atoms with Crippen LogP contribution in [0.15, 0.2) is 95.7 Å². The Balaban J connectivity index is 1.40. The average Bonchev–Trinajstić information content (AvgIpc) is 3.64. The molecule has 0 N–H and O–H groups in total. The van der Waals surface area contributed by atoms with Gasteiger partial charge >= 0.3 is 0 Å². The zero-order valence-electron chi connectivity index (χ0n) is 19.2. The third-order valence-corrected chi connectivity index (χ3v) is 7.24. The molecule has 1 aliphatic rings. The van der Waals surface area contributed by atoms with E-state index in [-0.39, 0.29) is 18.5 Å². The Hall–Kier alpha value is -4.10. The number of hydrazone groups is 1. The van der Waals surface area contributed by atoms with Crippen LogP contribution in [0, 0.1) is 6.92 Å². The van der Waals surface area contributed by atoms with Crippen LogP contribution in [0.1, 0.15) is 28.5 Å². The molecule has 6 nitrogen and oxygen atoms in total. The van der Waals surface area contributed by atoms with Gasteiger partial charge in [-0.15, -0.1) is 11.3 Å². The highest BCUT2D eigenvalue weighted by Crippen LogP contribution is 2.35. The summed E-state index contributed by atoms with van der Waals surface area (Å²) in [5, 5.41) is 8.56. The van der Waals surface area contributed by atoms with Crippen molar-refractivity contribution < 1.29 is 4.79 Å². The largest absolute Gasteiger partial charge is 0.314 e. The van der Waals surface area contributed by atoms with Gasteiger partial charge in [0.25, 0.3) is 5.91 Å². The van der Waals surface area contributed by atoms with Gasteiger partial charge in [-0.3, -0.25) is 9.78 Å². The number of benzene rings is 2. The molecule has 4 heterocycles. The summed E-state index contributed by atoms with van der Waals surface area (Å²) in [6.07, 6.45) is 4.18. The number of pyridine rings is 1. The summed E-state index contributed by atoms with van der Waals surface area (Å²) in [6, 6.07) is 24.1. The molecule has 1 atom stereocenters. The molecule has 1 amide bonds. The highest BCUT2D eigenvalue weighted by Gasteiger charge is 2.34. The first kappa shape index (κ1) is 21.4. The molecule has 2 aromatic carbocycles. The van der Waals surface area contributed by atoms with Crippen molar-refractivity contribution >= 4 is 34.0 Å². The number of fused-ring (bicyclic) bond motifs is 1. The molecule has 7 heteroatoms. The molecule has 6 rings (SSSR count). The van der Waals surface area contributed by atoms with Gasteiger partial charge < -0.3 is 4.57 Å². The molecule has 1 aliphatic heterocycles. The van der Waals surface area contributed by atoms with E-state index >= 15 is 0 Å². The Morgan fingerprint density at radius 3 is 2.57 bits per heavy atom. The number of thiophene rings is 1. The van der Waals surface area contributed by atoms with Crippen LogP contribution in [0.5, 0.6) is 0 Å². The minimum atomic E-state index is -0.139. The zero-order valence-corrected chi connectivity index (χ0v) is 20.0. The van der Waals surface area contributed by atoms with Gasteiger partial charge in [-0.1, -0.05) is 48.0 Å². The lowest BCUT2D eigenvalue weighted by Gasteiger charge is -2.23. The number of carbonyl (C=O) groups excluding carboxylic acids is 1. The van der Waals surface area contributed by atoms with Crippen molar-refractivity contribution in [2.24, 2.45) is 5.10 Å². The second-order valence-corrected chi connectivity index (χ2v) is 9.59. The molecule has 5 aromatic rings. The van der Waals surface area contributed by atoms with Crippen molar-refractivity contribution in [3.05, 3.63) is 107 Å². The van der Waals surface area contributed by atoms with Gasteiger partial charge in [0.05, 0.1) is 27.7 Å². The Labute approximate surface area is 207 Å². The van der Waals surface area contributed by atoms with Crippen molar-refractivity contribution in [3.8, 4) is 11.4 Å². The normalized spacial score (nSPS) is 15.5. The average molecular weight is 478 g/mol. The number of amides is 1. The molecule has 0 fully saturated rings. The van der Waals surface area contributed by atoms with E-state index in [4.69, 9.17) is 10.1 Å². The van der Waals surface area contributed by atoms with E-state index in [0.717, 1.165) is 38.6 Å². The number of imidazole rings is 1. The van der Waals surface area contributed by atoms with Crippen molar-refractivity contribution in [2.45, 2.75) is 25.9 Å². The van der Waals surface area contributed by atoms with E-state index in [9.17, 15) is 4.79 Å². The number of hydrogen-bond acceptors (Lipinski definition) is 5. The van der Waals surface area contributed by atoms with Gasteiger partial charge in [0.1, 0.15) is 12.4 Å². The molecule has 0 bridgehead atoms. The van der Waals surface area contributed by atoms with Gasteiger partial charge in [0.15, 0.2) is 0 Å². The van der Waals surface area contributed by atoms with Crippen LogP contribution < -0.4 is 0 Å². The molecular weight excluding hydrogens is 454 g/mol. The lowest BCUT2D eigenvalue weighted by Crippen LogP contribution is -2.30. The maximum Gasteiger partial charge on any atom is 0.263 e. The summed E-state index contributed by atoms with van der Waals surface area (Å²) in [7, 11) is 0. The Bertz CT molecular complexity index is 1520. The van der Waals surface area contributed by atoms with Crippen LogP contribution in [-0.4, -0.2) is 31.2 Å². The van der Waals surface area contributed by atoms with Crippen LogP contribution >= 0.6 is 11.3 Å². The molecule has 0 aliphatic carbocycles. The van der Waals surface area contributed by atoms with Gasteiger partial charge in [-0.25, -0.2) is 9.99 Å². The number of nitrogens with zero attached hydrogens (tertiary/aromatic N) is 5. The summed E-state index contributed by atoms with van der Waals surface area (Å²) in [5.41, 5.74) is 5.92. The fourth-order valence-electron chi connectivity index (χ4n) is 4.54. The molecule has 35 heavy (non-hydrogen) atoms. The summed E-state index contributed by atoms with van der Waals surface area (Å²) in [6.45, 7) is 2.21. The van der Waals surface area contributed by atoms with Crippen LogP contribution in [0.2, 0.25) is 0 Å². The molecule has 0 saturated heterocycles. The first-order valence-corrected chi connectivity index (χ1v) is 12.4. The van der Waals surface area contributed by atoms with Crippen molar-refractivity contribution in [1.82, 2.24) is 19.5 Å². The van der Waals surface area contributed by atoms with Crippen molar-refractivity contribution in [1.29, 1.82) is 0 Å². The molecule has 3 aromatic heterocycles. The molecule has 1 unspecified atom stereocenters. The summed E-state index contributed by atoms with van der Waals surface area (Å²) < 4.78 is 1.98. The summed E-state index contributed by atoms with van der Waals surface area (Å²) in [5.74, 6) is 0.677. The highest BCUT2D eigenvalue weighted by molar-refractivity contribution is 7.12. The van der Waals surface area contributed by atoms with Crippen LogP contribution in [0.4, 0.5) is 0 Å². The highest BCUT2D eigenvalue weighted by atomic mass is 32.1. The maximum absolute atomic E-state index is 13.9. The first-order valence-electron chi connectivity index (χ1n) is 11.5. The smallest absolute Gasteiger partial charge is 0.263 e. The molecular formula is C28H23N5OS. The van der Waals surface area contributed by atoms with Crippen LogP contribution in [0.3, 0.4) is 0 Å². The van der Waals surface area contributed by atoms with E-state index in [2.05, 4.69) is 42.2 Å². The Morgan fingerprint density at radius 2 is 1.80 bits per heavy atom. The van der Waals surface area contributed by atoms with Crippen molar-refractivity contribution in [2.75, 3.05) is 0 Å². The number of aromatic nitrogens is 3. The topological polar surface area (TPSA) is 63.4 Å². The van der Waals surface area contributed by atoms with Crippen LogP contribution in [0.25, 0.3) is 22.4 Å². The standard InChI is InChI=1S/C28H23N5OS/c1-19-8-10-20(11-9-19)25-17-23(26-7-4-16-35-26)31-33(25)27(34)18-32-24-6-3-2-5-22(24)30-28(32)21-12-14-29-15-13-21/h2-16,25H,17-18H2,1H3. The fourth-order valence-corrected chi connectivity index (χ4v) is 5.27. The quantitative estimate of drug-likeness (QED) is 0.319. The third kappa shape index (κ3) is 4.04. The molecule has 0 radical (unpaired) electrons. The van der Waals surface area contributed by atoms with E-state index in [1.54, 1.807) is 28.7 Å². The van der Waals surface area contributed by atoms with Crippen molar-refractivity contribution in [3.63, 3.8) is 0 Å². The fraction of sp³-hybridized carbons (Fsp3) is 0.143. The van der Waals surface area contributed by atoms with Crippen LogP contribution in [-0.2, 0) is 11.3 Å². The minimum absolute atomic E-state index is 0.0689. The van der Waals surface area contributed by atoms with Gasteiger partial charge in [0.2, 0.25) is 0 Å². The van der Waals surface area contributed by atoms with E-state index < -0.39 is 0 Å². The lowest BCUT2D eigenvalue weighted by atomic mass is 10.00. The minimum Gasteiger partial charge on any atom is -0.314 e. The first-order chi connectivity index (χ1) is 17.2. The number of rotatable bonds is 5. The summed E-state index contributed by atoms with van der Waals surface area (Å²) >= 11 is 1.65. The lowest BCUT2D eigenvalue weighted by molar-refractivity contribution is -0.133. The number of aryl methyl sites for hydroxylation is 1. The second-order valence-electron chi connectivity index (χ2n) is 8.64. The van der Waals surface area contributed by atoms with E-state index in [0.29, 0.717) is 6.42 Å². The van der Waals surface area contributed by atoms with E-state index in [1.807, 2.05) is 52.4 Å². The summed E-state index contributed by atoms with van der Waals surface area (Å²) in [4.78, 5) is 23.9. The monoisotopic (exact) mass is 477 g/mol. The van der Waals surface area contributed by atoms with E-state index in [1.165, 1.54) is 5.56 Å². The zero-order chi connectivity index (χ0) is 23.8. The second kappa shape index (κ2) is 8.92. The predicted molar refractivity (Wildman–Crippen MR) is 139 cm³/mol. The number of hydrogen-bond donors (Lipinski definition) is 0. The van der Waals surface area contributed by atoms with Gasteiger partial charge in [-0.05, 0) is 48.2 Å². The number of para-hydroxylation sites is 2. The molecule has 0 spiro atoms. The Kier molecular flexibility index (Phi) is 5.47.